The van der Waals surface area contributed by atoms with Crippen LogP contribution >= 0.6 is 0 Å². The first-order valence-corrected chi connectivity index (χ1v) is 7.06. The summed E-state index contributed by atoms with van der Waals surface area (Å²) in [6.45, 7) is 11.1. The van der Waals surface area contributed by atoms with E-state index in [-0.39, 0.29) is 11.3 Å². The third-order valence-corrected chi connectivity index (χ3v) is 3.77. The number of rotatable bonds is 3. The van der Waals surface area contributed by atoms with Crippen molar-refractivity contribution in [3.05, 3.63) is 35.4 Å². The molecule has 2 rings (SSSR count). The van der Waals surface area contributed by atoms with Gasteiger partial charge in [-0.05, 0) is 24.0 Å². The highest BCUT2D eigenvalue weighted by molar-refractivity contribution is 5.96. The number of amides is 1. The van der Waals surface area contributed by atoms with Crippen LogP contribution in [0.1, 0.15) is 43.6 Å². The SMILES string of the molecule is CCN(C(=O)c1ccccc1C(C)(C)C)C1CNC1. The molecule has 1 aliphatic rings. The first-order valence-electron chi connectivity index (χ1n) is 7.06. The summed E-state index contributed by atoms with van der Waals surface area (Å²) in [4.78, 5) is 14.8. The van der Waals surface area contributed by atoms with Crippen molar-refractivity contribution in [1.29, 1.82) is 0 Å². The highest BCUT2D eigenvalue weighted by atomic mass is 16.2. The highest BCUT2D eigenvalue weighted by Gasteiger charge is 2.30. The Balaban J connectivity index is 2.32. The summed E-state index contributed by atoms with van der Waals surface area (Å²) < 4.78 is 0. The van der Waals surface area contributed by atoms with Gasteiger partial charge in [0.05, 0.1) is 6.04 Å². The second-order valence-corrected chi connectivity index (χ2v) is 6.20. The van der Waals surface area contributed by atoms with Gasteiger partial charge < -0.3 is 10.2 Å². The summed E-state index contributed by atoms with van der Waals surface area (Å²) in [5, 5.41) is 3.23. The molecule has 0 saturated carbocycles. The smallest absolute Gasteiger partial charge is 0.254 e. The molecule has 1 fully saturated rings. The average molecular weight is 260 g/mol. The molecule has 0 unspecified atom stereocenters. The quantitative estimate of drug-likeness (QED) is 0.905. The summed E-state index contributed by atoms with van der Waals surface area (Å²) in [5.74, 6) is 0.166. The lowest BCUT2D eigenvalue weighted by Gasteiger charge is -2.38. The summed E-state index contributed by atoms with van der Waals surface area (Å²) in [6.07, 6.45) is 0. The monoisotopic (exact) mass is 260 g/mol. The molecule has 104 valence electrons. The van der Waals surface area contributed by atoms with E-state index >= 15 is 0 Å². The molecule has 0 aromatic heterocycles. The van der Waals surface area contributed by atoms with Gasteiger partial charge in [-0.15, -0.1) is 0 Å². The van der Waals surface area contributed by atoms with E-state index in [1.54, 1.807) is 0 Å². The Kier molecular flexibility index (Phi) is 3.95. The summed E-state index contributed by atoms with van der Waals surface area (Å²) >= 11 is 0. The van der Waals surface area contributed by atoms with Crippen LogP contribution in [0.3, 0.4) is 0 Å². The third kappa shape index (κ3) is 2.81. The maximum Gasteiger partial charge on any atom is 0.254 e. The first-order chi connectivity index (χ1) is 8.95. The molecule has 1 N–H and O–H groups in total. The predicted molar refractivity (Wildman–Crippen MR) is 78.5 cm³/mol. The molecule has 19 heavy (non-hydrogen) atoms. The van der Waals surface area contributed by atoms with E-state index in [0.29, 0.717) is 6.04 Å². The fourth-order valence-corrected chi connectivity index (χ4v) is 2.54. The molecule has 0 radical (unpaired) electrons. The van der Waals surface area contributed by atoms with Crippen molar-refractivity contribution in [3.63, 3.8) is 0 Å². The maximum atomic E-state index is 12.8. The van der Waals surface area contributed by atoms with Gasteiger partial charge in [-0.1, -0.05) is 39.0 Å². The number of benzene rings is 1. The third-order valence-electron chi connectivity index (χ3n) is 3.77. The molecule has 3 heteroatoms. The lowest BCUT2D eigenvalue weighted by molar-refractivity contribution is 0.0627. The van der Waals surface area contributed by atoms with Crippen LogP contribution in [-0.2, 0) is 5.41 Å². The molecule has 1 aliphatic heterocycles. The Morgan fingerprint density at radius 3 is 2.42 bits per heavy atom. The van der Waals surface area contributed by atoms with Crippen molar-refractivity contribution in [2.45, 2.75) is 39.2 Å². The van der Waals surface area contributed by atoms with Crippen LogP contribution in [-0.4, -0.2) is 36.5 Å². The average Bonchev–Trinajstić information content (AvgIpc) is 2.31. The molecule has 3 nitrogen and oxygen atoms in total. The van der Waals surface area contributed by atoms with Crippen LogP contribution in [0.2, 0.25) is 0 Å². The molecule has 1 amide bonds. The fraction of sp³-hybridized carbons (Fsp3) is 0.562. The van der Waals surface area contributed by atoms with Crippen LogP contribution in [0.25, 0.3) is 0 Å². The van der Waals surface area contributed by atoms with E-state index in [9.17, 15) is 4.79 Å². The number of nitrogens with one attached hydrogen (secondary N) is 1. The van der Waals surface area contributed by atoms with Gasteiger partial charge in [0.25, 0.3) is 5.91 Å². The van der Waals surface area contributed by atoms with E-state index < -0.39 is 0 Å². The standard InChI is InChI=1S/C16H24N2O/c1-5-18(12-10-17-11-12)15(19)13-8-6-7-9-14(13)16(2,3)4/h6-9,12,17H,5,10-11H2,1-4H3. The number of likely N-dealkylation sites (N-methyl/N-ethyl adjacent to an activating group) is 1. The maximum absolute atomic E-state index is 12.8. The van der Waals surface area contributed by atoms with Crippen LogP contribution in [0.5, 0.6) is 0 Å². The number of carbonyl (C=O) groups excluding carboxylic acids is 1. The van der Waals surface area contributed by atoms with Gasteiger partial charge in [0.1, 0.15) is 0 Å². The van der Waals surface area contributed by atoms with Crippen LogP contribution < -0.4 is 5.32 Å². The minimum atomic E-state index is -0.0104. The second kappa shape index (κ2) is 5.33. The van der Waals surface area contributed by atoms with E-state index in [0.717, 1.165) is 30.8 Å². The molecule has 0 spiro atoms. The van der Waals surface area contributed by atoms with Gasteiger partial charge >= 0.3 is 0 Å². The molecule has 0 atom stereocenters. The van der Waals surface area contributed by atoms with Gasteiger partial charge in [-0.3, -0.25) is 4.79 Å². The van der Waals surface area contributed by atoms with E-state index in [1.165, 1.54) is 0 Å². The molecule has 0 aliphatic carbocycles. The second-order valence-electron chi connectivity index (χ2n) is 6.20. The van der Waals surface area contributed by atoms with E-state index in [2.05, 4.69) is 39.1 Å². The Hall–Kier alpha value is -1.35. The minimum absolute atomic E-state index is 0.0104. The molecule has 1 aromatic carbocycles. The lowest BCUT2D eigenvalue weighted by atomic mass is 9.83. The molecule has 0 bridgehead atoms. The largest absolute Gasteiger partial charge is 0.333 e. The van der Waals surface area contributed by atoms with Crippen LogP contribution in [0.15, 0.2) is 24.3 Å². The summed E-state index contributed by atoms with van der Waals surface area (Å²) in [5.41, 5.74) is 1.97. The first kappa shape index (κ1) is 14.1. The van der Waals surface area contributed by atoms with E-state index in [4.69, 9.17) is 0 Å². The highest BCUT2D eigenvalue weighted by Crippen LogP contribution is 2.27. The van der Waals surface area contributed by atoms with Crippen molar-refractivity contribution in [2.75, 3.05) is 19.6 Å². The van der Waals surface area contributed by atoms with Crippen molar-refractivity contribution in [3.8, 4) is 0 Å². The van der Waals surface area contributed by atoms with Crippen molar-refractivity contribution >= 4 is 5.91 Å². The fourth-order valence-electron chi connectivity index (χ4n) is 2.54. The molecule has 1 aromatic rings. The topological polar surface area (TPSA) is 32.3 Å². The van der Waals surface area contributed by atoms with Gasteiger partial charge in [0, 0.05) is 25.2 Å². The van der Waals surface area contributed by atoms with Crippen molar-refractivity contribution < 1.29 is 4.79 Å². The number of hydrogen-bond acceptors (Lipinski definition) is 2. The van der Waals surface area contributed by atoms with Crippen LogP contribution in [0.4, 0.5) is 0 Å². The van der Waals surface area contributed by atoms with E-state index in [1.807, 2.05) is 23.1 Å². The normalized spacial score (nSPS) is 16.0. The zero-order valence-corrected chi connectivity index (χ0v) is 12.4. The van der Waals surface area contributed by atoms with Crippen molar-refractivity contribution in [2.24, 2.45) is 0 Å². The Labute approximate surface area is 116 Å². The van der Waals surface area contributed by atoms with Gasteiger partial charge in [-0.2, -0.15) is 0 Å². The number of carbonyl (C=O) groups is 1. The Bertz CT molecular complexity index is 458. The number of hydrogen-bond donors (Lipinski definition) is 1. The minimum Gasteiger partial charge on any atom is -0.333 e. The zero-order chi connectivity index (χ0) is 14.0. The van der Waals surface area contributed by atoms with Gasteiger partial charge in [0.15, 0.2) is 0 Å². The summed E-state index contributed by atoms with van der Waals surface area (Å²) in [7, 11) is 0. The van der Waals surface area contributed by atoms with Gasteiger partial charge in [0.2, 0.25) is 0 Å². The molecule has 1 saturated heterocycles. The Morgan fingerprint density at radius 2 is 1.95 bits per heavy atom. The molecular formula is C16H24N2O. The van der Waals surface area contributed by atoms with Crippen LogP contribution in [0, 0.1) is 0 Å². The summed E-state index contributed by atoms with van der Waals surface area (Å²) in [6, 6.07) is 8.34. The lowest BCUT2D eigenvalue weighted by Crippen LogP contribution is -2.58. The van der Waals surface area contributed by atoms with Gasteiger partial charge in [-0.25, -0.2) is 0 Å². The number of nitrogens with zero attached hydrogens (tertiary/aromatic N) is 1. The van der Waals surface area contributed by atoms with Crippen molar-refractivity contribution in [1.82, 2.24) is 10.2 Å². The predicted octanol–water partition coefficient (Wildman–Crippen LogP) is 2.42. The zero-order valence-electron chi connectivity index (χ0n) is 12.4. The molecule has 1 heterocycles. The Morgan fingerprint density at radius 1 is 1.32 bits per heavy atom. The molecular weight excluding hydrogens is 236 g/mol.